The van der Waals surface area contributed by atoms with Gasteiger partial charge in [-0.25, -0.2) is 8.78 Å². The largest absolute Gasteiger partial charge is 0.339 e. The lowest BCUT2D eigenvalue weighted by Gasteiger charge is -2.31. The highest BCUT2D eigenvalue weighted by molar-refractivity contribution is 6.36. The Morgan fingerprint density at radius 1 is 1.04 bits per heavy atom. The summed E-state index contributed by atoms with van der Waals surface area (Å²) in [6.45, 7) is 0.615. The maximum Gasteiger partial charge on any atom is 0.256 e. The number of amides is 2. The molecule has 0 bridgehead atoms. The molecule has 1 aliphatic heterocycles. The molecule has 0 saturated carbocycles. The van der Waals surface area contributed by atoms with E-state index in [1.165, 1.54) is 11.0 Å². The van der Waals surface area contributed by atoms with Gasteiger partial charge in [0.25, 0.3) is 5.91 Å². The quantitative estimate of drug-likeness (QED) is 0.789. The van der Waals surface area contributed by atoms with Crippen LogP contribution in [0.15, 0.2) is 36.4 Å². The smallest absolute Gasteiger partial charge is 0.256 e. The Labute approximate surface area is 165 Å². The van der Waals surface area contributed by atoms with E-state index in [0.717, 1.165) is 12.1 Å². The molecule has 0 aromatic heterocycles. The van der Waals surface area contributed by atoms with E-state index < -0.39 is 17.5 Å². The van der Waals surface area contributed by atoms with Gasteiger partial charge >= 0.3 is 0 Å². The van der Waals surface area contributed by atoms with Crippen LogP contribution < -0.4 is 5.32 Å². The Morgan fingerprint density at radius 3 is 2.37 bits per heavy atom. The molecule has 1 N–H and O–H groups in total. The van der Waals surface area contributed by atoms with Crippen molar-refractivity contribution in [3.8, 4) is 0 Å². The fraction of sp³-hybridized carbons (Fsp3) is 0.263. The number of piperidine rings is 1. The Kier molecular flexibility index (Phi) is 5.97. The summed E-state index contributed by atoms with van der Waals surface area (Å²) in [5.74, 6) is -2.62. The van der Waals surface area contributed by atoms with E-state index in [9.17, 15) is 18.4 Å². The van der Waals surface area contributed by atoms with Gasteiger partial charge in [0.05, 0.1) is 16.3 Å². The summed E-state index contributed by atoms with van der Waals surface area (Å²) in [4.78, 5) is 26.3. The lowest BCUT2D eigenvalue weighted by atomic mass is 9.95. The number of anilines is 1. The summed E-state index contributed by atoms with van der Waals surface area (Å²) in [6, 6.07) is 7.65. The topological polar surface area (TPSA) is 49.4 Å². The number of carbonyl (C=O) groups excluding carboxylic acids is 2. The third-order valence-electron chi connectivity index (χ3n) is 4.50. The van der Waals surface area contributed by atoms with Gasteiger partial charge < -0.3 is 10.2 Å². The van der Waals surface area contributed by atoms with E-state index in [0.29, 0.717) is 47.7 Å². The second-order valence-corrected chi connectivity index (χ2v) is 7.15. The lowest BCUT2D eigenvalue weighted by molar-refractivity contribution is -0.121. The molecule has 0 radical (unpaired) electrons. The van der Waals surface area contributed by atoms with Gasteiger partial charge in [-0.2, -0.15) is 0 Å². The van der Waals surface area contributed by atoms with Gasteiger partial charge in [-0.3, -0.25) is 9.59 Å². The molecule has 0 atom stereocenters. The molecule has 3 rings (SSSR count). The van der Waals surface area contributed by atoms with Crippen molar-refractivity contribution in [2.24, 2.45) is 5.92 Å². The maximum atomic E-state index is 13.8. The van der Waals surface area contributed by atoms with E-state index in [1.54, 1.807) is 12.1 Å². The van der Waals surface area contributed by atoms with Crippen molar-refractivity contribution in [1.82, 2.24) is 4.90 Å². The molecule has 27 heavy (non-hydrogen) atoms. The van der Waals surface area contributed by atoms with Crippen LogP contribution >= 0.6 is 23.2 Å². The summed E-state index contributed by atoms with van der Waals surface area (Å²) in [5.41, 5.74) is 0.296. The van der Waals surface area contributed by atoms with Crippen LogP contribution in [0.4, 0.5) is 14.5 Å². The second-order valence-electron chi connectivity index (χ2n) is 6.30. The minimum absolute atomic E-state index is 0.174. The first-order valence-corrected chi connectivity index (χ1v) is 9.11. The third-order valence-corrected chi connectivity index (χ3v) is 5.05. The van der Waals surface area contributed by atoms with Crippen LogP contribution in [0.25, 0.3) is 0 Å². The summed E-state index contributed by atoms with van der Waals surface area (Å²) in [5, 5.41) is 3.58. The van der Waals surface area contributed by atoms with Crippen LogP contribution in [-0.4, -0.2) is 29.8 Å². The van der Waals surface area contributed by atoms with Crippen LogP contribution in [0.3, 0.4) is 0 Å². The number of rotatable bonds is 3. The molecule has 0 spiro atoms. The number of nitrogens with one attached hydrogen (secondary N) is 1. The third kappa shape index (κ3) is 4.57. The predicted octanol–water partition coefficient (Wildman–Crippen LogP) is 4.76. The van der Waals surface area contributed by atoms with Gasteiger partial charge in [0, 0.05) is 30.1 Å². The molecule has 2 amide bonds. The molecule has 2 aromatic carbocycles. The predicted molar refractivity (Wildman–Crippen MR) is 100 cm³/mol. The minimum atomic E-state index is -0.891. The highest BCUT2D eigenvalue weighted by atomic mass is 35.5. The van der Waals surface area contributed by atoms with Gasteiger partial charge in [0.2, 0.25) is 5.91 Å². The first kappa shape index (κ1) is 19.6. The molecule has 1 saturated heterocycles. The van der Waals surface area contributed by atoms with Gasteiger partial charge in [-0.05, 0) is 43.2 Å². The number of carbonyl (C=O) groups is 2. The van der Waals surface area contributed by atoms with Crippen molar-refractivity contribution < 1.29 is 18.4 Å². The fourth-order valence-corrected chi connectivity index (χ4v) is 3.46. The van der Waals surface area contributed by atoms with Crippen molar-refractivity contribution in [3.05, 3.63) is 63.6 Å². The highest BCUT2D eigenvalue weighted by Gasteiger charge is 2.29. The van der Waals surface area contributed by atoms with Crippen LogP contribution in [-0.2, 0) is 4.79 Å². The molecule has 0 unspecified atom stereocenters. The number of nitrogens with zero attached hydrogens (tertiary/aromatic N) is 1. The van der Waals surface area contributed by atoms with E-state index >= 15 is 0 Å². The normalized spacial score (nSPS) is 14.9. The Morgan fingerprint density at radius 2 is 1.74 bits per heavy atom. The van der Waals surface area contributed by atoms with Crippen LogP contribution in [0.2, 0.25) is 10.0 Å². The van der Waals surface area contributed by atoms with E-state index in [1.807, 2.05) is 0 Å². The Hall–Kier alpha value is -2.18. The van der Waals surface area contributed by atoms with Crippen LogP contribution in [0.1, 0.15) is 23.2 Å². The molecule has 2 aromatic rings. The number of benzene rings is 2. The molecule has 1 aliphatic rings. The zero-order valence-electron chi connectivity index (χ0n) is 14.1. The summed E-state index contributed by atoms with van der Waals surface area (Å²) >= 11 is 11.9. The fourth-order valence-electron chi connectivity index (χ4n) is 3.00. The molecule has 1 heterocycles. The number of likely N-dealkylation sites (tertiary alicyclic amines) is 1. The molecule has 1 fully saturated rings. The van der Waals surface area contributed by atoms with Gasteiger partial charge in [0.1, 0.15) is 11.6 Å². The second kappa shape index (κ2) is 8.23. The van der Waals surface area contributed by atoms with E-state index in [4.69, 9.17) is 23.2 Å². The highest BCUT2D eigenvalue weighted by Crippen LogP contribution is 2.27. The molecule has 142 valence electrons. The Bertz CT molecular complexity index is 884. The molecular formula is C19H16Cl2F2N2O2. The van der Waals surface area contributed by atoms with Gasteiger partial charge in [-0.1, -0.05) is 23.2 Å². The van der Waals surface area contributed by atoms with Crippen molar-refractivity contribution in [2.75, 3.05) is 18.4 Å². The molecular weight excluding hydrogens is 397 g/mol. The first-order chi connectivity index (χ1) is 12.8. The SMILES string of the molecule is O=C(Nc1ccc(Cl)cc1Cl)C1CCN(C(=O)c2ccc(F)cc2F)CC1. The number of hydrogen-bond acceptors (Lipinski definition) is 2. The summed E-state index contributed by atoms with van der Waals surface area (Å²) < 4.78 is 26.8. The number of hydrogen-bond donors (Lipinski definition) is 1. The Balaban J connectivity index is 1.59. The standard InChI is InChI=1S/C19H16Cl2F2N2O2/c20-12-1-4-17(15(21)9-12)24-18(26)11-5-7-25(8-6-11)19(27)14-3-2-13(22)10-16(14)23/h1-4,9-11H,5-8H2,(H,24,26). The van der Waals surface area contributed by atoms with E-state index in [2.05, 4.69) is 5.32 Å². The average molecular weight is 413 g/mol. The summed E-state index contributed by atoms with van der Waals surface area (Å²) in [6.07, 6.45) is 0.872. The molecule has 0 aliphatic carbocycles. The van der Waals surface area contributed by atoms with Gasteiger partial charge in [-0.15, -0.1) is 0 Å². The van der Waals surface area contributed by atoms with E-state index in [-0.39, 0.29) is 17.4 Å². The van der Waals surface area contributed by atoms with Crippen LogP contribution in [0, 0.1) is 17.6 Å². The maximum absolute atomic E-state index is 13.8. The monoisotopic (exact) mass is 412 g/mol. The van der Waals surface area contributed by atoms with Gasteiger partial charge in [0.15, 0.2) is 0 Å². The molecule has 4 nitrogen and oxygen atoms in total. The molecule has 8 heteroatoms. The zero-order chi connectivity index (χ0) is 19.6. The summed E-state index contributed by atoms with van der Waals surface area (Å²) in [7, 11) is 0. The van der Waals surface area contributed by atoms with Crippen molar-refractivity contribution in [2.45, 2.75) is 12.8 Å². The number of halogens is 4. The van der Waals surface area contributed by atoms with Crippen LogP contribution in [0.5, 0.6) is 0 Å². The van der Waals surface area contributed by atoms with Crippen molar-refractivity contribution in [3.63, 3.8) is 0 Å². The first-order valence-electron chi connectivity index (χ1n) is 8.35. The average Bonchev–Trinajstić information content (AvgIpc) is 2.63. The lowest BCUT2D eigenvalue weighted by Crippen LogP contribution is -2.41. The van der Waals surface area contributed by atoms with Crippen molar-refractivity contribution >= 4 is 40.7 Å². The zero-order valence-corrected chi connectivity index (χ0v) is 15.7. The van der Waals surface area contributed by atoms with Crippen molar-refractivity contribution in [1.29, 1.82) is 0 Å². The minimum Gasteiger partial charge on any atom is -0.339 e.